The zero-order chi connectivity index (χ0) is 16.1. The highest BCUT2D eigenvalue weighted by Gasteiger charge is 2.09. The fraction of sp³-hybridized carbons (Fsp3) is 0.200. The van der Waals surface area contributed by atoms with Crippen molar-refractivity contribution in [1.29, 1.82) is 0 Å². The first kappa shape index (κ1) is 14.9. The van der Waals surface area contributed by atoms with E-state index >= 15 is 0 Å². The number of fused-ring (bicyclic) bond motifs is 1. The number of nitrogens with zero attached hydrogens (tertiary/aromatic N) is 4. The van der Waals surface area contributed by atoms with Gasteiger partial charge in [0.25, 0.3) is 0 Å². The van der Waals surface area contributed by atoms with E-state index < -0.39 is 0 Å². The van der Waals surface area contributed by atoms with Crippen molar-refractivity contribution in [1.82, 2.24) is 19.9 Å². The lowest BCUT2D eigenvalue weighted by atomic mass is 10.3. The molecule has 0 aliphatic rings. The number of hydrogen-bond donors (Lipinski definition) is 3. The molecule has 0 unspecified atom stereocenters. The molecule has 0 radical (unpaired) electrons. The van der Waals surface area contributed by atoms with E-state index in [0.29, 0.717) is 29.5 Å². The van der Waals surface area contributed by atoms with Gasteiger partial charge in [-0.05, 0) is 24.3 Å². The van der Waals surface area contributed by atoms with Crippen LogP contribution in [-0.2, 0) is 0 Å². The van der Waals surface area contributed by atoms with Crippen molar-refractivity contribution in [2.45, 2.75) is 0 Å². The number of hydrogen-bond acceptors (Lipinski definition) is 8. The van der Waals surface area contributed by atoms with Crippen molar-refractivity contribution in [3.63, 3.8) is 0 Å². The highest BCUT2D eigenvalue weighted by atomic mass is 16.5. The lowest BCUT2D eigenvalue weighted by Crippen LogP contribution is -2.10. The quantitative estimate of drug-likeness (QED) is 0.630. The molecule has 3 N–H and O–H groups in total. The number of ether oxygens (including phenoxy) is 1. The topological polar surface area (TPSA) is 105 Å². The maximum atomic E-state index is 8.98. The molecule has 0 bridgehead atoms. The van der Waals surface area contributed by atoms with Crippen LogP contribution in [0.15, 0.2) is 36.7 Å². The van der Waals surface area contributed by atoms with Gasteiger partial charge in [-0.1, -0.05) is 0 Å². The van der Waals surface area contributed by atoms with Gasteiger partial charge in [0.05, 0.1) is 13.7 Å². The SMILES string of the molecule is COc1ccc(Nc2nc(NCCO)c3nccnc3n2)cc1. The maximum Gasteiger partial charge on any atom is 0.231 e. The fourth-order valence-corrected chi connectivity index (χ4v) is 2.02. The molecule has 23 heavy (non-hydrogen) atoms. The Morgan fingerprint density at radius 1 is 1.09 bits per heavy atom. The number of aliphatic hydroxyl groups excluding tert-OH is 1. The first-order chi connectivity index (χ1) is 11.3. The minimum atomic E-state index is -0.00694. The van der Waals surface area contributed by atoms with E-state index in [4.69, 9.17) is 9.84 Å². The molecule has 3 aromatic rings. The molecule has 8 nitrogen and oxygen atoms in total. The van der Waals surface area contributed by atoms with Crippen LogP contribution in [-0.4, -0.2) is 45.3 Å². The highest BCUT2D eigenvalue weighted by Crippen LogP contribution is 2.21. The Labute approximate surface area is 132 Å². The first-order valence-electron chi connectivity index (χ1n) is 7.04. The molecule has 2 aromatic heterocycles. The van der Waals surface area contributed by atoms with Gasteiger partial charge in [-0.2, -0.15) is 9.97 Å². The van der Waals surface area contributed by atoms with E-state index in [1.807, 2.05) is 24.3 Å². The Kier molecular flexibility index (Phi) is 4.44. The Hall–Kier alpha value is -3.00. The second kappa shape index (κ2) is 6.84. The zero-order valence-corrected chi connectivity index (χ0v) is 12.5. The zero-order valence-electron chi connectivity index (χ0n) is 12.5. The molecule has 2 heterocycles. The van der Waals surface area contributed by atoms with Crippen LogP contribution in [0.4, 0.5) is 17.5 Å². The van der Waals surface area contributed by atoms with Crippen LogP contribution >= 0.6 is 0 Å². The Balaban J connectivity index is 1.93. The summed E-state index contributed by atoms with van der Waals surface area (Å²) in [5.41, 5.74) is 1.85. The largest absolute Gasteiger partial charge is 0.497 e. The van der Waals surface area contributed by atoms with Crippen LogP contribution in [0.2, 0.25) is 0 Å². The molecule has 0 atom stereocenters. The normalized spacial score (nSPS) is 10.5. The van der Waals surface area contributed by atoms with Crippen LogP contribution in [0.1, 0.15) is 0 Å². The first-order valence-corrected chi connectivity index (χ1v) is 7.04. The van der Waals surface area contributed by atoms with Crippen LogP contribution in [0.3, 0.4) is 0 Å². The number of rotatable bonds is 6. The summed E-state index contributed by atoms with van der Waals surface area (Å²) in [5.74, 6) is 1.68. The molecular weight excluding hydrogens is 296 g/mol. The third-order valence-corrected chi connectivity index (χ3v) is 3.08. The van der Waals surface area contributed by atoms with Gasteiger partial charge in [0.15, 0.2) is 17.0 Å². The predicted molar refractivity (Wildman–Crippen MR) is 87.0 cm³/mol. The number of benzene rings is 1. The summed E-state index contributed by atoms with van der Waals surface area (Å²) in [6.45, 7) is 0.359. The van der Waals surface area contributed by atoms with Gasteiger partial charge in [0.2, 0.25) is 5.95 Å². The summed E-state index contributed by atoms with van der Waals surface area (Å²) < 4.78 is 5.13. The van der Waals surface area contributed by atoms with Crippen molar-refractivity contribution in [2.24, 2.45) is 0 Å². The standard InChI is InChI=1S/C15H16N6O2/c1-23-11-4-2-10(3-5-11)19-15-20-13-12(16-6-7-17-13)14(21-15)18-8-9-22/h2-7,22H,8-9H2,1H3,(H2,17,18,19,20,21). The minimum Gasteiger partial charge on any atom is -0.497 e. The predicted octanol–water partition coefficient (Wildman–Crippen LogP) is 1.58. The Morgan fingerprint density at radius 2 is 1.87 bits per heavy atom. The van der Waals surface area contributed by atoms with Gasteiger partial charge in [-0.15, -0.1) is 0 Å². The van der Waals surface area contributed by atoms with Gasteiger partial charge in [0, 0.05) is 24.6 Å². The summed E-state index contributed by atoms with van der Waals surface area (Å²) in [7, 11) is 1.62. The second-order valence-electron chi connectivity index (χ2n) is 4.63. The summed E-state index contributed by atoms with van der Waals surface area (Å²) in [6.07, 6.45) is 3.15. The summed E-state index contributed by atoms with van der Waals surface area (Å²) in [4.78, 5) is 17.2. The van der Waals surface area contributed by atoms with Crippen molar-refractivity contribution in [3.8, 4) is 5.75 Å². The number of anilines is 3. The van der Waals surface area contributed by atoms with Crippen LogP contribution < -0.4 is 15.4 Å². The fourth-order valence-electron chi connectivity index (χ4n) is 2.02. The van der Waals surface area contributed by atoms with Gasteiger partial charge in [-0.3, -0.25) is 0 Å². The van der Waals surface area contributed by atoms with Gasteiger partial charge in [0.1, 0.15) is 5.75 Å². The molecule has 0 amide bonds. The highest BCUT2D eigenvalue weighted by molar-refractivity contribution is 5.83. The number of nitrogens with one attached hydrogen (secondary N) is 2. The molecule has 0 saturated carbocycles. The monoisotopic (exact) mass is 312 g/mol. The molecule has 0 saturated heterocycles. The number of aliphatic hydroxyl groups is 1. The molecule has 8 heteroatoms. The van der Waals surface area contributed by atoms with Gasteiger partial charge in [-0.25, -0.2) is 9.97 Å². The van der Waals surface area contributed by atoms with Crippen molar-refractivity contribution in [2.75, 3.05) is 30.9 Å². The third kappa shape index (κ3) is 3.43. The Morgan fingerprint density at radius 3 is 2.61 bits per heavy atom. The van der Waals surface area contributed by atoms with E-state index in [1.54, 1.807) is 19.5 Å². The van der Waals surface area contributed by atoms with E-state index in [1.165, 1.54) is 0 Å². The molecular formula is C15H16N6O2. The molecule has 0 aliphatic heterocycles. The van der Waals surface area contributed by atoms with E-state index in [2.05, 4.69) is 30.6 Å². The number of methoxy groups -OCH3 is 1. The van der Waals surface area contributed by atoms with Gasteiger partial charge >= 0.3 is 0 Å². The van der Waals surface area contributed by atoms with Crippen LogP contribution in [0, 0.1) is 0 Å². The summed E-state index contributed by atoms with van der Waals surface area (Å²) >= 11 is 0. The van der Waals surface area contributed by atoms with Crippen LogP contribution in [0.25, 0.3) is 11.2 Å². The van der Waals surface area contributed by atoms with E-state index in [0.717, 1.165) is 11.4 Å². The Bertz CT molecular complexity index is 794. The van der Waals surface area contributed by atoms with Crippen molar-refractivity contribution in [3.05, 3.63) is 36.7 Å². The van der Waals surface area contributed by atoms with E-state index in [9.17, 15) is 0 Å². The summed E-state index contributed by atoms with van der Waals surface area (Å²) in [6, 6.07) is 7.41. The van der Waals surface area contributed by atoms with Crippen molar-refractivity contribution < 1.29 is 9.84 Å². The summed E-state index contributed by atoms with van der Waals surface area (Å²) in [5, 5.41) is 15.1. The van der Waals surface area contributed by atoms with Gasteiger partial charge < -0.3 is 20.5 Å². The molecule has 118 valence electrons. The average Bonchev–Trinajstić information content (AvgIpc) is 2.60. The lowest BCUT2D eigenvalue weighted by molar-refractivity contribution is 0.311. The van der Waals surface area contributed by atoms with E-state index in [-0.39, 0.29) is 6.61 Å². The van der Waals surface area contributed by atoms with Crippen molar-refractivity contribution >= 4 is 28.6 Å². The maximum absolute atomic E-state index is 8.98. The smallest absolute Gasteiger partial charge is 0.231 e. The molecule has 0 aliphatic carbocycles. The lowest BCUT2D eigenvalue weighted by Gasteiger charge is -2.10. The average molecular weight is 312 g/mol. The molecule has 0 fully saturated rings. The molecule has 3 rings (SSSR count). The number of aromatic nitrogens is 4. The second-order valence-corrected chi connectivity index (χ2v) is 4.63. The minimum absolute atomic E-state index is 0.00694. The molecule has 0 spiro atoms. The van der Waals surface area contributed by atoms with Crippen LogP contribution in [0.5, 0.6) is 5.75 Å². The molecule has 1 aromatic carbocycles. The third-order valence-electron chi connectivity index (χ3n) is 3.08.